The van der Waals surface area contributed by atoms with E-state index >= 15 is 0 Å². The topological polar surface area (TPSA) is 39.6 Å². The molecular formula is C13H7FN2. The molecule has 0 radical (unpaired) electrons. The van der Waals surface area contributed by atoms with Gasteiger partial charge >= 0.3 is 0 Å². The molecule has 0 amide bonds. The van der Waals surface area contributed by atoms with Crippen LogP contribution in [-0.4, -0.2) is 4.98 Å². The van der Waals surface area contributed by atoms with Crippen molar-refractivity contribution in [1.82, 2.24) is 4.98 Å². The zero-order valence-electron chi connectivity index (χ0n) is 8.29. The standard InChI is InChI=1S/C13H7FN2/c14-11-6-2-5-10-9-4-1-3-8(7-15)12(9)16-13(10)11/h1-6,16H. The Bertz CT molecular complexity index is 735. The molecule has 0 fully saturated rings. The zero-order chi connectivity index (χ0) is 11.1. The van der Waals surface area contributed by atoms with E-state index in [1.54, 1.807) is 18.2 Å². The van der Waals surface area contributed by atoms with Gasteiger partial charge in [-0.05, 0) is 12.1 Å². The first-order valence-electron chi connectivity index (χ1n) is 4.90. The number of nitrogens with one attached hydrogen (secondary N) is 1. The number of aromatic nitrogens is 1. The summed E-state index contributed by atoms with van der Waals surface area (Å²) in [6, 6.07) is 12.4. The number of hydrogen-bond donors (Lipinski definition) is 1. The average molecular weight is 210 g/mol. The summed E-state index contributed by atoms with van der Waals surface area (Å²) in [5, 5.41) is 10.7. The number of aromatic amines is 1. The van der Waals surface area contributed by atoms with Crippen LogP contribution < -0.4 is 0 Å². The molecule has 76 valence electrons. The largest absolute Gasteiger partial charge is 0.351 e. The van der Waals surface area contributed by atoms with E-state index in [-0.39, 0.29) is 5.82 Å². The second-order valence-electron chi connectivity index (χ2n) is 3.63. The monoisotopic (exact) mass is 210 g/mol. The SMILES string of the molecule is N#Cc1cccc2c1[nH]c1c(F)cccc12. The third-order valence-electron chi connectivity index (χ3n) is 2.74. The van der Waals surface area contributed by atoms with Crippen molar-refractivity contribution in [1.29, 1.82) is 5.26 Å². The van der Waals surface area contributed by atoms with Crippen molar-refractivity contribution in [2.45, 2.75) is 0 Å². The fourth-order valence-corrected chi connectivity index (χ4v) is 2.01. The highest BCUT2D eigenvalue weighted by Gasteiger charge is 2.09. The second-order valence-corrected chi connectivity index (χ2v) is 3.63. The molecule has 0 saturated carbocycles. The molecule has 0 atom stereocenters. The molecule has 0 aliphatic carbocycles. The molecule has 2 aromatic carbocycles. The van der Waals surface area contributed by atoms with Crippen LogP contribution in [0.3, 0.4) is 0 Å². The van der Waals surface area contributed by atoms with Gasteiger partial charge in [0.25, 0.3) is 0 Å². The molecule has 16 heavy (non-hydrogen) atoms. The van der Waals surface area contributed by atoms with Crippen LogP contribution in [0.25, 0.3) is 21.8 Å². The Hall–Kier alpha value is -2.34. The molecule has 0 aliphatic heterocycles. The summed E-state index contributed by atoms with van der Waals surface area (Å²) in [5.74, 6) is -0.294. The molecule has 0 spiro atoms. The van der Waals surface area contributed by atoms with E-state index in [2.05, 4.69) is 11.1 Å². The number of nitriles is 1. The first kappa shape index (κ1) is 8.93. The van der Waals surface area contributed by atoms with Crippen molar-refractivity contribution < 1.29 is 4.39 Å². The highest BCUT2D eigenvalue weighted by Crippen LogP contribution is 2.28. The van der Waals surface area contributed by atoms with Crippen LogP contribution in [0, 0.1) is 17.1 Å². The molecule has 3 rings (SSSR count). The summed E-state index contributed by atoms with van der Waals surface area (Å²) in [5.41, 5.74) is 1.69. The lowest BCUT2D eigenvalue weighted by Crippen LogP contribution is -1.76. The second kappa shape index (κ2) is 3.07. The minimum atomic E-state index is -0.294. The predicted molar refractivity (Wildman–Crippen MR) is 60.5 cm³/mol. The lowest BCUT2D eigenvalue weighted by atomic mass is 10.1. The number of nitrogens with zero attached hydrogens (tertiary/aromatic N) is 1. The highest BCUT2D eigenvalue weighted by atomic mass is 19.1. The maximum absolute atomic E-state index is 13.5. The number of rotatable bonds is 0. The Morgan fingerprint density at radius 3 is 2.44 bits per heavy atom. The first-order chi connectivity index (χ1) is 7.81. The van der Waals surface area contributed by atoms with Crippen LogP contribution in [0.1, 0.15) is 5.56 Å². The maximum atomic E-state index is 13.5. The van der Waals surface area contributed by atoms with E-state index < -0.39 is 0 Å². The Labute approximate surface area is 90.9 Å². The number of H-pyrrole nitrogens is 1. The van der Waals surface area contributed by atoms with E-state index in [1.807, 2.05) is 12.1 Å². The smallest absolute Gasteiger partial charge is 0.147 e. The van der Waals surface area contributed by atoms with Gasteiger partial charge in [0.15, 0.2) is 0 Å². The van der Waals surface area contributed by atoms with Crippen LogP contribution >= 0.6 is 0 Å². The van der Waals surface area contributed by atoms with Crippen molar-refractivity contribution in [2.75, 3.05) is 0 Å². The molecule has 2 nitrogen and oxygen atoms in total. The minimum Gasteiger partial charge on any atom is -0.351 e. The van der Waals surface area contributed by atoms with Gasteiger partial charge in [0.1, 0.15) is 11.9 Å². The predicted octanol–water partition coefficient (Wildman–Crippen LogP) is 3.33. The third kappa shape index (κ3) is 1.04. The molecule has 3 heteroatoms. The molecule has 0 aliphatic rings. The zero-order valence-corrected chi connectivity index (χ0v) is 8.29. The molecule has 1 aromatic heterocycles. The summed E-state index contributed by atoms with van der Waals surface area (Å²) < 4.78 is 13.5. The summed E-state index contributed by atoms with van der Waals surface area (Å²) in [6.45, 7) is 0. The molecular weight excluding hydrogens is 203 g/mol. The quantitative estimate of drug-likeness (QED) is 0.607. The average Bonchev–Trinajstić information content (AvgIpc) is 2.69. The van der Waals surface area contributed by atoms with Crippen LogP contribution in [0.2, 0.25) is 0 Å². The minimum absolute atomic E-state index is 0.294. The van der Waals surface area contributed by atoms with Crippen molar-refractivity contribution in [2.24, 2.45) is 0 Å². The first-order valence-corrected chi connectivity index (χ1v) is 4.90. The Kier molecular flexibility index (Phi) is 1.72. The van der Waals surface area contributed by atoms with Crippen molar-refractivity contribution in [3.63, 3.8) is 0 Å². The summed E-state index contributed by atoms with van der Waals surface area (Å²) >= 11 is 0. The van der Waals surface area contributed by atoms with Gasteiger partial charge in [-0.2, -0.15) is 5.26 Å². The molecule has 0 bridgehead atoms. The Morgan fingerprint density at radius 2 is 1.69 bits per heavy atom. The van der Waals surface area contributed by atoms with Crippen LogP contribution in [0.5, 0.6) is 0 Å². The lowest BCUT2D eigenvalue weighted by molar-refractivity contribution is 0.637. The van der Waals surface area contributed by atoms with Crippen LogP contribution in [0.4, 0.5) is 4.39 Å². The van der Waals surface area contributed by atoms with Gasteiger partial charge < -0.3 is 4.98 Å². The van der Waals surface area contributed by atoms with E-state index in [0.717, 1.165) is 10.8 Å². The van der Waals surface area contributed by atoms with Gasteiger partial charge in [-0.3, -0.25) is 0 Å². The molecule has 0 saturated heterocycles. The van der Waals surface area contributed by atoms with E-state index in [4.69, 9.17) is 5.26 Å². The number of fused-ring (bicyclic) bond motifs is 3. The van der Waals surface area contributed by atoms with Crippen LogP contribution in [0.15, 0.2) is 36.4 Å². The van der Waals surface area contributed by atoms with Gasteiger partial charge in [-0.1, -0.05) is 24.3 Å². The lowest BCUT2D eigenvalue weighted by Gasteiger charge is -1.91. The van der Waals surface area contributed by atoms with Crippen molar-refractivity contribution in [3.8, 4) is 6.07 Å². The summed E-state index contributed by atoms with van der Waals surface area (Å²) in [7, 11) is 0. The number of para-hydroxylation sites is 2. The van der Waals surface area contributed by atoms with Crippen molar-refractivity contribution in [3.05, 3.63) is 47.8 Å². The number of hydrogen-bond acceptors (Lipinski definition) is 1. The van der Waals surface area contributed by atoms with Gasteiger partial charge in [0.05, 0.1) is 16.6 Å². The van der Waals surface area contributed by atoms with E-state index in [1.165, 1.54) is 6.07 Å². The number of benzene rings is 2. The fraction of sp³-hybridized carbons (Fsp3) is 0. The Morgan fingerprint density at radius 1 is 1.00 bits per heavy atom. The van der Waals surface area contributed by atoms with Gasteiger partial charge in [-0.25, -0.2) is 4.39 Å². The Balaban J connectivity index is 2.61. The highest BCUT2D eigenvalue weighted by molar-refractivity contribution is 6.08. The van der Waals surface area contributed by atoms with Gasteiger partial charge in [0.2, 0.25) is 0 Å². The van der Waals surface area contributed by atoms with Crippen LogP contribution in [-0.2, 0) is 0 Å². The maximum Gasteiger partial charge on any atom is 0.147 e. The summed E-state index contributed by atoms with van der Waals surface area (Å²) in [4.78, 5) is 2.97. The van der Waals surface area contributed by atoms with E-state index in [9.17, 15) is 4.39 Å². The van der Waals surface area contributed by atoms with Gasteiger partial charge in [0, 0.05) is 10.8 Å². The third-order valence-corrected chi connectivity index (χ3v) is 2.74. The molecule has 3 aromatic rings. The molecule has 1 heterocycles. The molecule has 0 unspecified atom stereocenters. The number of halogens is 1. The summed E-state index contributed by atoms with van der Waals surface area (Å²) in [6.07, 6.45) is 0. The normalized spacial score (nSPS) is 10.8. The van der Waals surface area contributed by atoms with E-state index in [0.29, 0.717) is 16.6 Å². The van der Waals surface area contributed by atoms with Gasteiger partial charge in [-0.15, -0.1) is 0 Å². The molecule has 1 N–H and O–H groups in total. The van der Waals surface area contributed by atoms with Crippen molar-refractivity contribution >= 4 is 21.8 Å². The fourth-order valence-electron chi connectivity index (χ4n) is 2.01.